The predicted octanol–water partition coefficient (Wildman–Crippen LogP) is 4.49. The highest BCUT2D eigenvalue weighted by Gasteiger charge is 2.27. The first-order valence-corrected chi connectivity index (χ1v) is 10.9. The Labute approximate surface area is 190 Å². The molecule has 1 aromatic heterocycles. The lowest BCUT2D eigenvalue weighted by Crippen LogP contribution is -2.36. The van der Waals surface area contributed by atoms with Crippen molar-refractivity contribution in [3.8, 4) is 11.3 Å². The van der Waals surface area contributed by atoms with Crippen LogP contribution in [0.2, 0.25) is 10.0 Å². The van der Waals surface area contributed by atoms with E-state index in [0.717, 1.165) is 44.0 Å². The first kappa shape index (κ1) is 20.2. The van der Waals surface area contributed by atoms with Gasteiger partial charge < -0.3 is 14.5 Å². The van der Waals surface area contributed by atoms with Crippen molar-refractivity contribution in [1.82, 2.24) is 9.97 Å². The fraction of sp³-hybridized carbons (Fsp3) is 0.261. The Balaban J connectivity index is 1.40. The smallest absolute Gasteiger partial charge is 0.277 e. The summed E-state index contributed by atoms with van der Waals surface area (Å²) in [5.41, 5.74) is 5.05. The Hall–Kier alpha value is -2.67. The molecule has 158 valence electrons. The van der Waals surface area contributed by atoms with E-state index >= 15 is 0 Å². The summed E-state index contributed by atoms with van der Waals surface area (Å²) < 4.78 is 5.44. The number of anilines is 2. The topological polar surface area (TPSA) is 58.6 Å². The highest BCUT2D eigenvalue weighted by molar-refractivity contribution is 6.42. The molecule has 0 unspecified atom stereocenters. The van der Waals surface area contributed by atoms with Gasteiger partial charge in [-0.2, -0.15) is 0 Å². The van der Waals surface area contributed by atoms with Gasteiger partial charge in [0.05, 0.1) is 29.0 Å². The summed E-state index contributed by atoms with van der Waals surface area (Å²) in [5.74, 6) is -0.137. The van der Waals surface area contributed by atoms with Crippen LogP contribution in [0.4, 0.5) is 11.4 Å². The van der Waals surface area contributed by atoms with Crippen molar-refractivity contribution >= 4 is 40.5 Å². The second-order valence-corrected chi connectivity index (χ2v) is 8.35. The van der Waals surface area contributed by atoms with Crippen LogP contribution in [0.15, 0.2) is 48.8 Å². The number of carbonyl (C=O) groups is 1. The van der Waals surface area contributed by atoms with Crippen LogP contribution in [-0.4, -0.2) is 48.7 Å². The van der Waals surface area contributed by atoms with Gasteiger partial charge in [0.2, 0.25) is 0 Å². The quantitative estimate of drug-likeness (QED) is 0.583. The number of hydrogen-bond acceptors (Lipinski definition) is 5. The van der Waals surface area contributed by atoms with Gasteiger partial charge in [-0.15, -0.1) is 0 Å². The van der Waals surface area contributed by atoms with E-state index in [2.05, 4.69) is 27.0 Å². The summed E-state index contributed by atoms with van der Waals surface area (Å²) >= 11 is 12.1. The van der Waals surface area contributed by atoms with Crippen LogP contribution in [0.1, 0.15) is 16.1 Å². The van der Waals surface area contributed by atoms with E-state index in [9.17, 15) is 4.79 Å². The van der Waals surface area contributed by atoms with E-state index in [4.69, 9.17) is 27.9 Å². The van der Waals surface area contributed by atoms with Gasteiger partial charge in [0.15, 0.2) is 0 Å². The minimum atomic E-state index is -0.137. The number of hydrogen-bond donors (Lipinski definition) is 0. The van der Waals surface area contributed by atoms with Gasteiger partial charge in [-0.1, -0.05) is 29.3 Å². The Bertz CT molecular complexity index is 1150. The Morgan fingerprint density at radius 2 is 1.77 bits per heavy atom. The van der Waals surface area contributed by atoms with Crippen LogP contribution in [0.3, 0.4) is 0 Å². The number of rotatable bonds is 3. The number of carbonyl (C=O) groups excluding carboxylic acids is 1. The molecule has 2 aliphatic heterocycles. The minimum Gasteiger partial charge on any atom is -0.378 e. The molecule has 3 aromatic rings. The monoisotopic (exact) mass is 454 g/mol. The zero-order chi connectivity index (χ0) is 21.4. The fourth-order valence-corrected chi connectivity index (χ4v) is 4.34. The molecule has 3 heterocycles. The van der Waals surface area contributed by atoms with Crippen LogP contribution in [0, 0.1) is 0 Å². The predicted molar refractivity (Wildman–Crippen MR) is 122 cm³/mol. The highest BCUT2D eigenvalue weighted by atomic mass is 35.5. The number of halogens is 2. The average molecular weight is 455 g/mol. The van der Waals surface area contributed by atoms with Crippen LogP contribution >= 0.6 is 23.2 Å². The number of ether oxygens (including phenoxy) is 1. The van der Waals surface area contributed by atoms with Crippen LogP contribution in [0.5, 0.6) is 0 Å². The van der Waals surface area contributed by atoms with Crippen LogP contribution in [-0.2, 0) is 11.2 Å². The maximum absolute atomic E-state index is 13.3. The summed E-state index contributed by atoms with van der Waals surface area (Å²) in [6, 6.07) is 13.3. The SMILES string of the molecule is O=C(c1cc(-c2ccc(Cl)c(Cl)c2)ncn1)N1CCc2cc(N3CCOCC3)ccc21. The van der Waals surface area contributed by atoms with Crippen molar-refractivity contribution in [2.24, 2.45) is 0 Å². The molecule has 0 aliphatic carbocycles. The molecular formula is C23H20Cl2N4O2. The van der Waals surface area contributed by atoms with Gasteiger partial charge in [0.25, 0.3) is 5.91 Å². The molecule has 5 rings (SSSR count). The summed E-state index contributed by atoms with van der Waals surface area (Å²) in [5, 5.41) is 0.913. The minimum absolute atomic E-state index is 0.137. The van der Waals surface area contributed by atoms with E-state index in [-0.39, 0.29) is 5.91 Å². The van der Waals surface area contributed by atoms with Gasteiger partial charge in [-0.3, -0.25) is 4.79 Å². The molecular weight excluding hydrogens is 435 g/mol. The average Bonchev–Trinajstić information content (AvgIpc) is 3.24. The Morgan fingerprint density at radius 1 is 0.935 bits per heavy atom. The summed E-state index contributed by atoms with van der Waals surface area (Å²) in [6.45, 7) is 3.90. The molecule has 8 heteroatoms. The molecule has 0 atom stereocenters. The molecule has 2 aromatic carbocycles. The van der Waals surface area contributed by atoms with Crippen molar-refractivity contribution in [2.45, 2.75) is 6.42 Å². The number of aromatic nitrogens is 2. The lowest BCUT2D eigenvalue weighted by atomic mass is 10.1. The van der Waals surface area contributed by atoms with Gasteiger partial charge in [-0.25, -0.2) is 9.97 Å². The fourth-order valence-electron chi connectivity index (χ4n) is 4.04. The molecule has 1 amide bonds. The van der Waals surface area contributed by atoms with Crippen molar-refractivity contribution in [3.63, 3.8) is 0 Å². The maximum atomic E-state index is 13.3. The molecule has 1 fully saturated rings. The zero-order valence-corrected chi connectivity index (χ0v) is 18.2. The largest absolute Gasteiger partial charge is 0.378 e. The van der Waals surface area contributed by atoms with Gasteiger partial charge in [-0.05, 0) is 48.4 Å². The zero-order valence-electron chi connectivity index (χ0n) is 16.7. The normalized spacial score (nSPS) is 15.8. The molecule has 6 nitrogen and oxygen atoms in total. The highest BCUT2D eigenvalue weighted by Crippen LogP contribution is 2.33. The number of morpholine rings is 1. The summed E-state index contributed by atoms with van der Waals surface area (Å²) in [4.78, 5) is 25.9. The number of fused-ring (bicyclic) bond motifs is 1. The third-order valence-electron chi connectivity index (χ3n) is 5.68. The summed E-state index contributed by atoms with van der Waals surface area (Å²) in [7, 11) is 0. The van der Waals surface area contributed by atoms with Crippen molar-refractivity contribution < 1.29 is 9.53 Å². The standard InChI is InChI=1S/C23H20Cl2N4O2/c24-18-3-1-15(12-19(18)25)20-13-21(27-14-26-20)23(30)29-6-5-16-11-17(2-4-22(16)29)28-7-9-31-10-8-28/h1-4,11-14H,5-10H2. The number of nitrogens with zero attached hydrogens (tertiary/aromatic N) is 4. The number of benzene rings is 2. The van der Waals surface area contributed by atoms with Crippen molar-refractivity contribution in [2.75, 3.05) is 42.6 Å². The van der Waals surface area contributed by atoms with Gasteiger partial charge in [0.1, 0.15) is 12.0 Å². The van der Waals surface area contributed by atoms with E-state index in [0.29, 0.717) is 28.0 Å². The first-order valence-electron chi connectivity index (χ1n) is 10.1. The second-order valence-electron chi connectivity index (χ2n) is 7.54. The maximum Gasteiger partial charge on any atom is 0.277 e. The molecule has 0 bridgehead atoms. The molecule has 0 radical (unpaired) electrons. The Kier molecular flexibility index (Phi) is 5.52. The Morgan fingerprint density at radius 3 is 2.58 bits per heavy atom. The molecule has 2 aliphatic rings. The molecule has 0 spiro atoms. The molecule has 31 heavy (non-hydrogen) atoms. The van der Waals surface area contributed by atoms with E-state index in [1.807, 2.05) is 12.1 Å². The lowest BCUT2D eigenvalue weighted by Gasteiger charge is -2.29. The van der Waals surface area contributed by atoms with Gasteiger partial charge in [0, 0.05) is 36.6 Å². The van der Waals surface area contributed by atoms with E-state index < -0.39 is 0 Å². The van der Waals surface area contributed by atoms with Crippen LogP contribution < -0.4 is 9.80 Å². The van der Waals surface area contributed by atoms with E-state index in [1.165, 1.54) is 17.6 Å². The van der Waals surface area contributed by atoms with Crippen LogP contribution in [0.25, 0.3) is 11.3 Å². The third kappa shape index (κ3) is 3.99. The second kappa shape index (κ2) is 8.46. The van der Waals surface area contributed by atoms with E-state index in [1.54, 1.807) is 23.1 Å². The number of amides is 1. The first-order chi connectivity index (χ1) is 15.1. The van der Waals surface area contributed by atoms with Gasteiger partial charge >= 0.3 is 0 Å². The molecule has 1 saturated heterocycles. The summed E-state index contributed by atoms with van der Waals surface area (Å²) in [6.07, 6.45) is 2.23. The third-order valence-corrected chi connectivity index (χ3v) is 6.42. The van der Waals surface area contributed by atoms with Crippen molar-refractivity contribution in [3.05, 3.63) is 70.1 Å². The molecule has 0 N–H and O–H groups in total. The van der Waals surface area contributed by atoms with Crippen molar-refractivity contribution in [1.29, 1.82) is 0 Å². The lowest BCUT2D eigenvalue weighted by molar-refractivity contribution is 0.0984. The molecule has 0 saturated carbocycles.